The number of phenolic OH excluding ortho intramolecular Hbond substituents is 1. The topological polar surface area (TPSA) is 135 Å². The van der Waals surface area contributed by atoms with E-state index >= 15 is 0 Å². The number of anilines is 1. The third-order valence-electron chi connectivity index (χ3n) is 14.1. The highest BCUT2D eigenvalue weighted by Gasteiger charge is 2.49. The van der Waals surface area contributed by atoms with Gasteiger partial charge >= 0.3 is 0 Å². The van der Waals surface area contributed by atoms with E-state index in [0.29, 0.717) is 43.2 Å². The molecule has 310 valence electrons. The number of carbonyl (C=O) groups excluding carboxylic acids is 2. The molecule has 2 saturated carbocycles. The SMILES string of the molecule is CCCC(C(O)CC1=C[C+](C(C)C)C=N1)C1CC2C(=O)CC(=O)CCc3cc(OC)c(O)cc3C(c3ccccc3)C#CC2CC(C2(c3ccnc(N)c3)CCCC2)C1. The van der Waals surface area contributed by atoms with Gasteiger partial charge in [0, 0.05) is 30.4 Å². The summed E-state index contributed by atoms with van der Waals surface area (Å²) in [6.45, 7) is 6.49. The van der Waals surface area contributed by atoms with E-state index < -0.39 is 17.9 Å². The number of methoxy groups -OCH3 is 1. The Bertz CT molecular complexity index is 2090. The van der Waals surface area contributed by atoms with Crippen LogP contribution >= 0.6 is 0 Å². The lowest BCUT2D eigenvalue weighted by atomic mass is 9.63. The predicted molar refractivity (Wildman–Crippen MR) is 234 cm³/mol. The Morgan fingerprint density at radius 2 is 1.80 bits per heavy atom. The first kappa shape index (κ1) is 42.3. The van der Waals surface area contributed by atoms with E-state index in [-0.39, 0.29) is 59.2 Å². The van der Waals surface area contributed by atoms with Gasteiger partial charge in [-0.2, -0.15) is 0 Å². The smallest absolute Gasteiger partial charge is 0.177 e. The Labute approximate surface area is 351 Å². The second kappa shape index (κ2) is 18.6. The number of aliphatic imine (C=N–C) groups is 1. The lowest BCUT2D eigenvalue weighted by Gasteiger charge is -2.41. The summed E-state index contributed by atoms with van der Waals surface area (Å²) in [6.07, 6.45) is 14.2. The summed E-state index contributed by atoms with van der Waals surface area (Å²) in [5.74, 6) is 8.61. The molecular weight excluding hydrogens is 735 g/mol. The summed E-state index contributed by atoms with van der Waals surface area (Å²) < 4.78 is 5.52. The lowest BCUT2D eigenvalue weighted by molar-refractivity contribution is -0.130. The van der Waals surface area contributed by atoms with Crippen LogP contribution in [0, 0.1) is 53.3 Å². The molecule has 0 radical (unpaired) electrons. The van der Waals surface area contributed by atoms with Crippen molar-refractivity contribution in [2.75, 3.05) is 12.8 Å². The fraction of sp³-hybridized carbons (Fsp3) is 0.510. The number of pyridine rings is 1. The number of carbonyl (C=O) groups is 2. The quantitative estimate of drug-likeness (QED) is 0.1000. The van der Waals surface area contributed by atoms with Gasteiger partial charge in [-0.25, -0.2) is 4.98 Å². The number of phenols is 1. The van der Waals surface area contributed by atoms with Crippen molar-refractivity contribution in [1.29, 1.82) is 0 Å². The van der Waals surface area contributed by atoms with Crippen LogP contribution in [-0.2, 0) is 21.4 Å². The maximum absolute atomic E-state index is 14.8. The maximum Gasteiger partial charge on any atom is 0.177 e. The average molecular weight is 797 g/mol. The van der Waals surface area contributed by atoms with Crippen LogP contribution in [-0.4, -0.2) is 46.2 Å². The third kappa shape index (κ3) is 9.31. The number of aromatic hydroxyl groups is 1. The Kier molecular flexibility index (Phi) is 13.3. The van der Waals surface area contributed by atoms with Crippen molar-refractivity contribution in [3.8, 4) is 23.3 Å². The summed E-state index contributed by atoms with van der Waals surface area (Å²) >= 11 is 0. The van der Waals surface area contributed by atoms with Crippen LogP contribution in [0.4, 0.5) is 5.82 Å². The fourth-order valence-electron chi connectivity index (χ4n) is 11.0. The van der Waals surface area contributed by atoms with Gasteiger partial charge in [-0.05, 0) is 128 Å². The molecule has 59 heavy (non-hydrogen) atoms. The van der Waals surface area contributed by atoms with E-state index in [0.717, 1.165) is 67.3 Å². The summed E-state index contributed by atoms with van der Waals surface area (Å²) in [7, 11) is 1.52. The number of aliphatic hydroxyl groups excluding tert-OH is 1. The molecule has 3 aliphatic carbocycles. The van der Waals surface area contributed by atoms with Crippen molar-refractivity contribution >= 4 is 23.6 Å². The second-order valence-corrected chi connectivity index (χ2v) is 18.0. The molecule has 2 aromatic carbocycles. The normalized spacial score (nSPS) is 25.4. The van der Waals surface area contributed by atoms with E-state index in [1.54, 1.807) is 6.07 Å². The van der Waals surface area contributed by atoms with Crippen molar-refractivity contribution in [3.05, 3.63) is 101 Å². The molecule has 1 aromatic heterocycles. The number of Topliss-reactive ketones (excluding diaryl/α,β-unsaturated/α-hetero) is 2. The molecule has 0 spiro atoms. The molecule has 7 atom stereocenters. The van der Waals surface area contributed by atoms with Crippen molar-refractivity contribution in [1.82, 2.24) is 4.98 Å². The molecule has 0 amide bonds. The molecule has 4 aliphatic rings. The zero-order valence-corrected chi connectivity index (χ0v) is 35.3. The van der Waals surface area contributed by atoms with E-state index in [9.17, 15) is 19.8 Å². The standard InChI is InChI=1S/C51H61N3O5/c1-5-11-43(46(56)28-40-24-37(31-54-40)32(2)3)36-23-39(51(19-9-10-20-51)38-18-21-53-50(52)27-38)22-34-15-17-42(33-12-7-6-8-13-33)44-30-48(58)49(59-4)26-35(44)14-16-41(55)29-47(57)45(34)25-36/h6-8,12-13,18,21,24,26-27,30-32,34,36,39,42-43,45-46,56H,5,9-11,14,16,19-20,22-23,25,28-29H2,1-4H3,(H2-,52,53,58)/p+1. The highest BCUT2D eigenvalue weighted by Crippen LogP contribution is 2.55. The number of aromatic nitrogens is 1. The highest BCUT2D eigenvalue weighted by atomic mass is 16.5. The first-order valence-electron chi connectivity index (χ1n) is 22.0. The number of nitrogens with zero attached hydrogens (tertiary/aromatic N) is 2. The van der Waals surface area contributed by atoms with Crippen molar-refractivity contribution in [2.45, 2.75) is 122 Å². The molecule has 0 saturated heterocycles. The maximum atomic E-state index is 14.8. The van der Waals surface area contributed by atoms with Gasteiger partial charge in [0.1, 0.15) is 35.6 Å². The van der Waals surface area contributed by atoms with Crippen LogP contribution in [0.25, 0.3) is 0 Å². The van der Waals surface area contributed by atoms with Gasteiger partial charge < -0.3 is 20.7 Å². The molecule has 8 nitrogen and oxygen atoms in total. The van der Waals surface area contributed by atoms with Gasteiger partial charge in [-0.1, -0.05) is 68.4 Å². The van der Waals surface area contributed by atoms with Crippen LogP contribution < -0.4 is 10.5 Å². The number of nitrogens with two attached hydrogens (primary N) is 1. The number of ketones is 2. The molecule has 8 heteroatoms. The van der Waals surface area contributed by atoms with Crippen LogP contribution in [0.15, 0.2) is 77.6 Å². The monoisotopic (exact) mass is 796 g/mol. The van der Waals surface area contributed by atoms with Crippen LogP contribution in [0.2, 0.25) is 0 Å². The summed E-state index contributed by atoms with van der Waals surface area (Å²) in [4.78, 5) is 37.8. The molecule has 2 fully saturated rings. The zero-order chi connectivity index (χ0) is 41.7. The third-order valence-corrected chi connectivity index (χ3v) is 14.1. The zero-order valence-electron chi connectivity index (χ0n) is 35.3. The molecular formula is C51H62N3O5+. The van der Waals surface area contributed by atoms with Gasteiger partial charge in [0.05, 0.1) is 32.0 Å². The molecule has 1 aliphatic heterocycles. The van der Waals surface area contributed by atoms with Crippen molar-refractivity contribution in [2.24, 2.45) is 40.5 Å². The van der Waals surface area contributed by atoms with Crippen LogP contribution in [0.1, 0.15) is 126 Å². The predicted octanol–water partition coefficient (Wildman–Crippen LogP) is 9.51. The number of allylic oxidation sites excluding steroid dienone is 1. The Morgan fingerprint density at radius 1 is 1.02 bits per heavy atom. The lowest BCUT2D eigenvalue weighted by Crippen LogP contribution is -2.36. The van der Waals surface area contributed by atoms with Crippen molar-refractivity contribution in [3.63, 3.8) is 0 Å². The molecule has 2 heterocycles. The van der Waals surface area contributed by atoms with Gasteiger partial charge in [0.15, 0.2) is 17.2 Å². The summed E-state index contributed by atoms with van der Waals surface area (Å²) in [5.41, 5.74) is 11.0. The minimum atomic E-state index is -0.638. The van der Waals surface area contributed by atoms with Crippen LogP contribution in [0.3, 0.4) is 0 Å². The Morgan fingerprint density at radius 3 is 2.49 bits per heavy atom. The molecule has 7 unspecified atom stereocenters. The summed E-state index contributed by atoms with van der Waals surface area (Å²) in [5, 5.41) is 23.4. The number of aliphatic hydroxyl groups is 1. The van der Waals surface area contributed by atoms with E-state index in [1.807, 2.05) is 42.7 Å². The number of aryl methyl sites for hydroxylation is 1. The van der Waals surface area contributed by atoms with Gasteiger partial charge in [-0.15, -0.1) is 4.99 Å². The van der Waals surface area contributed by atoms with Crippen molar-refractivity contribution < 1.29 is 24.5 Å². The largest absolute Gasteiger partial charge is 0.504 e. The number of ether oxygens (including phenoxy) is 1. The van der Waals surface area contributed by atoms with Gasteiger partial charge in [0.2, 0.25) is 0 Å². The highest BCUT2D eigenvalue weighted by molar-refractivity contribution is 6.00. The first-order valence-corrected chi connectivity index (χ1v) is 22.0. The number of hydrogen-bond acceptors (Lipinski definition) is 8. The molecule has 7 rings (SSSR count). The second-order valence-electron chi connectivity index (χ2n) is 18.0. The Hall–Kier alpha value is -4.87. The Balaban J connectivity index is 1.37. The number of rotatable bonds is 11. The minimum absolute atomic E-state index is 0.0185. The van der Waals surface area contributed by atoms with Gasteiger partial charge in [0.25, 0.3) is 0 Å². The van der Waals surface area contributed by atoms with Gasteiger partial charge in [-0.3, -0.25) is 9.59 Å². The number of fused-ring (bicyclic) bond motifs is 2. The molecule has 4 N–H and O–H groups in total. The fourth-order valence-corrected chi connectivity index (χ4v) is 11.0. The van der Waals surface area contributed by atoms with E-state index in [1.165, 1.54) is 18.6 Å². The molecule has 3 aromatic rings. The van der Waals surface area contributed by atoms with E-state index in [4.69, 9.17) is 15.5 Å². The first-order chi connectivity index (χ1) is 28.5. The van der Waals surface area contributed by atoms with Crippen LogP contribution in [0.5, 0.6) is 11.5 Å². The van der Waals surface area contributed by atoms with E-state index in [2.05, 4.69) is 61.9 Å². The number of hydrogen-bond donors (Lipinski definition) is 3. The minimum Gasteiger partial charge on any atom is -0.504 e. The average Bonchev–Trinajstić information content (AvgIpc) is 3.88. The summed E-state index contributed by atoms with van der Waals surface area (Å²) in [6, 6.07) is 17.8. The molecule has 0 bridgehead atoms. The number of benzene rings is 2. The number of nitrogen functional groups attached to an aromatic ring is 1.